The molecule has 0 aliphatic heterocycles. The lowest BCUT2D eigenvalue weighted by atomic mass is 10.3. The normalized spacial score (nSPS) is 11.6. The molecule has 0 atom stereocenters. The lowest BCUT2D eigenvalue weighted by molar-refractivity contribution is 0.860. The highest BCUT2D eigenvalue weighted by molar-refractivity contribution is 9.11. The number of pyridine rings is 1. The first-order chi connectivity index (χ1) is 11.0. The molecular formula is C14H10BrN5O2S. The summed E-state index contributed by atoms with van der Waals surface area (Å²) >= 11 is 4.62. The van der Waals surface area contributed by atoms with Crippen LogP contribution in [0.25, 0.3) is 26.9 Å². The fourth-order valence-electron chi connectivity index (χ4n) is 2.63. The van der Waals surface area contributed by atoms with Gasteiger partial charge in [0.15, 0.2) is 0 Å². The number of hydrogen-bond donors (Lipinski definition) is 1. The summed E-state index contributed by atoms with van der Waals surface area (Å²) in [5.74, 6) is 0.777. The third-order valence-corrected chi connectivity index (χ3v) is 5.39. The molecule has 0 spiro atoms. The Labute approximate surface area is 141 Å². The minimum absolute atomic E-state index is 0.368. The highest BCUT2D eigenvalue weighted by Gasteiger charge is 2.17. The average molecular weight is 392 g/mol. The van der Waals surface area contributed by atoms with Crippen LogP contribution in [-0.2, 0) is 7.05 Å². The van der Waals surface area contributed by atoms with E-state index in [4.69, 9.17) is 0 Å². The Bertz CT molecular complexity index is 1200. The van der Waals surface area contributed by atoms with Gasteiger partial charge in [-0.1, -0.05) is 0 Å². The van der Waals surface area contributed by atoms with E-state index in [0.29, 0.717) is 26.9 Å². The predicted octanol–water partition coefficient (Wildman–Crippen LogP) is 2.09. The van der Waals surface area contributed by atoms with Gasteiger partial charge in [0, 0.05) is 7.05 Å². The molecule has 0 radical (unpaired) electrons. The van der Waals surface area contributed by atoms with Crippen LogP contribution in [0.3, 0.4) is 0 Å². The van der Waals surface area contributed by atoms with E-state index in [1.807, 2.05) is 18.5 Å². The zero-order valence-electron chi connectivity index (χ0n) is 12.1. The van der Waals surface area contributed by atoms with Crippen molar-refractivity contribution in [1.29, 1.82) is 0 Å². The van der Waals surface area contributed by atoms with Gasteiger partial charge in [0.05, 0.1) is 32.9 Å². The number of fused-ring (bicyclic) bond motifs is 2. The van der Waals surface area contributed by atoms with Crippen LogP contribution in [-0.4, -0.2) is 24.1 Å². The number of hydrogen-bond acceptors (Lipinski definition) is 5. The number of halogens is 1. The van der Waals surface area contributed by atoms with Crippen molar-refractivity contribution < 1.29 is 0 Å². The number of thiophene rings is 1. The van der Waals surface area contributed by atoms with Crippen molar-refractivity contribution in [3.05, 3.63) is 48.9 Å². The second-order valence-corrected chi connectivity index (χ2v) is 7.54. The van der Waals surface area contributed by atoms with Gasteiger partial charge in [-0.2, -0.15) is 0 Å². The summed E-state index contributed by atoms with van der Waals surface area (Å²) < 4.78 is 4.21. The van der Waals surface area contributed by atoms with Crippen molar-refractivity contribution >= 4 is 48.5 Å². The smallest absolute Gasteiger partial charge is 0.330 e. The number of aromatic nitrogens is 5. The second kappa shape index (κ2) is 4.87. The molecule has 4 heterocycles. The zero-order chi connectivity index (χ0) is 16.3. The van der Waals surface area contributed by atoms with Gasteiger partial charge >= 0.3 is 5.69 Å². The van der Waals surface area contributed by atoms with Gasteiger partial charge in [0.2, 0.25) is 0 Å². The molecule has 0 aliphatic carbocycles. The van der Waals surface area contributed by atoms with Crippen LogP contribution in [0.4, 0.5) is 0 Å². The van der Waals surface area contributed by atoms with Crippen LogP contribution in [0.2, 0.25) is 0 Å². The summed E-state index contributed by atoms with van der Waals surface area (Å²) in [6.07, 6.45) is 3.12. The molecule has 116 valence electrons. The van der Waals surface area contributed by atoms with E-state index < -0.39 is 5.69 Å². The summed E-state index contributed by atoms with van der Waals surface area (Å²) in [6.45, 7) is 1.86. The topological polar surface area (TPSA) is 85.6 Å². The lowest BCUT2D eigenvalue weighted by Crippen LogP contribution is -2.33. The van der Waals surface area contributed by atoms with Gasteiger partial charge in [0.1, 0.15) is 16.0 Å². The van der Waals surface area contributed by atoms with Crippen molar-refractivity contribution in [3.63, 3.8) is 0 Å². The predicted molar refractivity (Wildman–Crippen MR) is 92.5 cm³/mol. The number of H-pyrrole nitrogens is 1. The third kappa shape index (κ3) is 2.00. The Balaban J connectivity index is 2.19. The fourth-order valence-corrected chi connectivity index (χ4v) is 4.11. The molecule has 0 saturated carbocycles. The number of aromatic amines is 1. The quantitative estimate of drug-likeness (QED) is 0.538. The molecule has 4 rings (SSSR count). The highest BCUT2D eigenvalue weighted by atomic mass is 79.9. The van der Waals surface area contributed by atoms with Crippen LogP contribution < -0.4 is 11.2 Å². The first kappa shape index (κ1) is 14.3. The van der Waals surface area contributed by atoms with E-state index >= 15 is 0 Å². The molecule has 0 aromatic carbocycles. The molecule has 0 bridgehead atoms. The molecule has 7 nitrogen and oxygen atoms in total. The number of imidazole rings is 1. The van der Waals surface area contributed by atoms with Gasteiger partial charge in [-0.05, 0) is 28.9 Å². The molecule has 0 saturated heterocycles. The molecule has 0 fully saturated rings. The van der Waals surface area contributed by atoms with Crippen LogP contribution in [0.1, 0.15) is 5.82 Å². The van der Waals surface area contributed by atoms with Crippen molar-refractivity contribution in [2.24, 2.45) is 7.05 Å². The van der Waals surface area contributed by atoms with Crippen LogP contribution in [0, 0.1) is 6.92 Å². The first-order valence-corrected chi connectivity index (χ1v) is 8.30. The largest absolute Gasteiger partial charge is 0.333 e. The molecular weight excluding hydrogens is 382 g/mol. The summed E-state index contributed by atoms with van der Waals surface area (Å²) in [5.41, 5.74) is 1.41. The van der Waals surface area contributed by atoms with E-state index in [2.05, 4.69) is 30.9 Å². The second-order valence-electron chi connectivity index (χ2n) is 5.11. The maximum absolute atomic E-state index is 12.8. The van der Waals surface area contributed by atoms with Crippen LogP contribution in [0.15, 0.2) is 31.8 Å². The average Bonchev–Trinajstić information content (AvgIpc) is 3.00. The first-order valence-electron chi connectivity index (χ1n) is 6.69. The number of rotatable bonds is 1. The molecule has 4 aromatic heterocycles. The van der Waals surface area contributed by atoms with Crippen molar-refractivity contribution in [3.8, 4) is 5.69 Å². The van der Waals surface area contributed by atoms with E-state index in [9.17, 15) is 9.59 Å². The van der Waals surface area contributed by atoms with Gasteiger partial charge < -0.3 is 9.55 Å². The molecule has 23 heavy (non-hydrogen) atoms. The molecule has 0 unspecified atom stereocenters. The Morgan fingerprint density at radius 3 is 2.87 bits per heavy atom. The molecule has 9 heteroatoms. The Kier molecular flexibility index (Phi) is 3.03. The van der Waals surface area contributed by atoms with Crippen molar-refractivity contribution in [1.82, 2.24) is 24.1 Å². The van der Waals surface area contributed by atoms with Gasteiger partial charge in [-0.25, -0.2) is 14.3 Å². The SMILES string of the molecule is Cc1nc2cncc(-n3c(=O)[nH]c4cc(Br)sc4c3=O)c2n1C. The highest BCUT2D eigenvalue weighted by Crippen LogP contribution is 2.26. The van der Waals surface area contributed by atoms with E-state index in [0.717, 1.165) is 14.2 Å². The Morgan fingerprint density at radius 2 is 2.09 bits per heavy atom. The zero-order valence-corrected chi connectivity index (χ0v) is 14.5. The van der Waals surface area contributed by atoms with Gasteiger partial charge in [-0.3, -0.25) is 9.78 Å². The van der Waals surface area contributed by atoms with Gasteiger partial charge in [0.25, 0.3) is 5.56 Å². The minimum Gasteiger partial charge on any atom is -0.330 e. The number of aryl methyl sites for hydroxylation is 2. The molecule has 0 amide bonds. The molecule has 1 N–H and O–H groups in total. The Morgan fingerprint density at radius 1 is 1.30 bits per heavy atom. The standard InChI is InChI=1S/C14H10BrN5O2S/c1-6-17-8-4-16-5-9(11(8)19(6)2)20-13(21)12-7(18-14(20)22)3-10(15)23-12/h3-5H,1-2H3,(H,18,22). The molecule has 0 aliphatic rings. The fraction of sp³-hybridized carbons (Fsp3) is 0.143. The van der Waals surface area contributed by atoms with Crippen molar-refractivity contribution in [2.45, 2.75) is 6.92 Å². The van der Waals surface area contributed by atoms with E-state index in [-0.39, 0.29) is 5.56 Å². The summed E-state index contributed by atoms with van der Waals surface area (Å²) in [6, 6.07) is 1.72. The maximum atomic E-state index is 12.8. The number of nitrogens with zero attached hydrogens (tertiary/aromatic N) is 4. The maximum Gasteiger partial charge on any atom is 0.333 e. The minimum atomic E-state index is -0.499. The lowest BCUT2D eigenvalue weighted by Gasteiger charge is -2.07. The summed E-state index contributed by atoms with van der Waals surface area (Å²) in [7, 11) is 1.84. The van der Waals surface area contributed by atoms with Crippen LogP contribution in [0.5, 0.6) is 0 Å². The van der Waals surface area contributed by atoms with Gasteiger partial charge in [-0.15, -0.1) is 11.3 Å². The third-order valence-electron chi connectivity index (χ3n) is 3.77. The van der Waals surface area contributed by atoms with Crippen molar-refractivity contribution in [2.75, 3.05) is 0 Å². The van der Waals surface area contributed by atoms with Crippen LogP contribution >= 0.6 is 27.3 Å². The summed E-state index contributed by atoms with van der Waals surface area (Å²) in [4.78, 5) is 36.5. The Hall–Kier alpha value is -2.26. The van der Waals surface area contributed by atoms with E-state index in [1.54, 1.807) is 12.3 Å². The summed E-state index contributed by atoms with van der Waals surface area (Å²) in [5, 5.41) is 0. The van der Waals surface area contributed by atoms with E-state index in [1.165, 1.54) is 17.5 Å². The molecule has 4 aromatic rings. The monoisotopic (exact) mass is 391 g/mol. The number of nitrogens with one attached hydrogen (secondary N) is 1.